The minimum atomic E-state index is 0.0603. The quantitative estimate of drug-likeness (QED) is 0.361. The van der Waals surface area contributed by atoms with Gasteiger partial charge in [-0.05, 0) is 50.4 Å². The van der Waals surface area contributed by atoms with Crippen molar-refractivity contribution in [2.75, 3.05) is 0 Å². The molecule has 0 saturated heterocycles. The molecule has 0 aromatic rings. The van der Waals surface area contributed by atoms with Crippen LogP contribution >= 0.6 is 0 Å². The predicted octanol–water partition coefficient (Wildman–Crippen LogP) is 6.42. The fraction of sp³-hybridized carbons (Fsp3) is 0.952. The molecule has 2 saturated carbocycles. The van der Waals surface area contributed by atoms with Gasteiger partial charge in [0.15, 0.2) is 0 Å². The first-order chi connectivity index (χ1) is 11.3. The number of carbonyl (C=O) groups is 1. The Kier molecular flexibility index (Phi) is 9.07. The average Bonchev–Trinajstić information content (AvgIpc) is 2.57. The Labute approximate surface area is 143 Å². The van der Waals surface area contributed by atoms with Crippen molar-refractivity contribution in [2.45, 2.75) is 116 Å². The van der Waals surface area contributed by atoms with Crippen LogP contribution in [-0.4, -0.2) is 12.1 Å². The third-order valence-corrected chi connectivity index (χ3v) is 6.03. The van der Waals surface area contributed by atoms with Crippen molar-refractivity contribution in [1.29, 1.82) is 0 Å². The monoisotopic (exact) mass is 322 g/mol. The smallest absolute Gasteiger partial charge is 0.306 e. The fourth-order valence-electron chi connectivity index (χ4n) is 4.45. The Hall–Kier alpha value is -0.530. The molecular weight excluding hydrogens is 284 g/mol. The van der Waals surface area contributed by atoms with Crippen molar-refractivity contribution in [3.8, 4) is 0 Å². The van der Waals surface area contributed by atoms with E-state index in [-0.39, 0.29) is 12.1 Å². The number of hydrogen-bond donors (Lipinski definition) is 0. The number of hydrogen-bond acceptors (Lipinski definition) is 2. The van der Waals surface area contributed by atoms with E-state index in [2.05, 4.69) is 6.92 Å². The molecule has 0 heterocycles. The van der Waals surface area contributed by atoms with E-state index in [1.165, 1.54) is 77.0 Å². The van der Waals surface area contributed by atoms with Gasteiger partial charge in [-0.1, -0.05) is 64.7 Å². The molecule has 0 aromatic heterocycles. The van der Waals surface area contributed by atoms with Crippen LogP contribution in [0.15, 0.2) is 0 Å². The predicted molar refractivity (Wildman–Crippen MR) is 96.4 cm³/mol. The first kappa shape index (κ1) is 18.8. The highest BCUT2D eigenvalue weighted by atomic mass is 16.5. The second-order valence-electron chi connectivity index (χ2n) is 8.02. The molecule has 0 spiro atoms. The van der Waals surface area contributed by atoms with E-state index in [0.29, 0.717) is 6.42 Å². The molecule has 0 amide bonds. The summed E-state index contributed by atoms with van der Waals surface area (Å²) in [6.07, 6.45) is 20.4. The lowest BCUT2D eigenvalue weighted by Gasteiger charge is -2.28. The van der Waals surface area contributed by atoms with Crippen LogP contribution < -0.4 is 0 Å². The minimum absolute atomic E-state index is 0.0603. The third kappa shape index (κ3) is 7.72. The van der Waals surface area contributed by atoms with Gasteiger partial charge < -0.3 is 4.74 Å². The van der Waals surface area contributed by atoms with Crippen LogP contribution in [-0.2, 0) is 9.53 Å². The molecule has 0 radical (unpaired) electrons. The molecule has 2 heteroatoms. The Morgan fingerprint density at radius 1 is 0.826 bits per heavy atom. The van der Waals surface area contributed by atoms with Crippen molar-refractivity contribution < 1.29 is 9.53 Å². The molecule has 0 N–H and O–H groups in total. The first-order valence-electron chi connectivity index (χ1n) is 10.5. The number of unbranched alkanes of at least 4 members (excludes halogenated alkanes) is 2. The lowest BCUT2D eigenvalue weighted by molar-refractivity contribution is -0.150. The molecule has 0 atom stereocenters. The molecule has 0 unspecified atom stereocenters. The molecule has 2 fully saturated rings. The van der Waals surface area contributed by atoms with Crippen LogP contribution in [0, 0.1) is 11.8 Å². The van der Waals surface area contributed by atoms with Crippen LogP contribution in [0.25, 0.3) is 0 Å². The van der Waals surface area contributed by atoms with Gasteiger partial charge >= 0.3 is 5.97 Å². The van der Waals surface area contributed by atoms with Crippen molar-refractivity contribution in [2.24, 2.45) is 11.8 Å². The largest absolute Gasteiger partial charge is 0.462 e. The second-order valence-corrected chi connectivity index (χ2v) is 8.02. The number of carbonyl (C=O) groups excluding carboxylic acids is 1. The Bertz CT molecular complexity index is 312. The maximum Gasteiger partial charge on any atom is 0.306 e. The number of esters is 1. The third-order valence-electron chi connectivity index (χ3n) is 6.03. The summed E-state index contributed by atoms with van der Waals surface area (Å²) < 4.78 is 5.61. The summed E-state index contributed by atoms with van der Waals surface area (Å²) in [5.41, 5.74) is 0. The van der Waals surface area contributed by atoms with Gasteiger partial charge in [-0.15, -0.1) is 0 Å². The van der Waals surface area contributed by atoms with E-state index >= 15 is 0 Å². The highest BCUT2D eigenvalue weighted by Gasteiger charge is 2.21. The van der Waals surface area contributed by atoms with Gasteiger partial charge in [0.2, 0.25) is 0 Å². The summed E-state index contributed by atoms with van der Waals surface area (Å²) in [6.45, 7) is 2.29. The zero-order valence-electron chi connectivity index (χ0n) is 15.4. The van der Waals surface area contributed by atoms with Gasteiger partial charge in [-0.3, -0.25) is 4.79 Å². The summed E-state index contributed by atoms with van der Waals surface area (Å²) in [7, 11) is 0. The molecule has 2 aliphatic rings. The van der Waals surface area contributed by atoms with Gasteiger partial charge in [-0.25, -0.2) is 0 Å². The standard InChI is InChI=1S/C21H38O2/c1-2-3-5-9-18-14-16-19(17-15-18)10-8-13-21(22)23-20-11-6-4-7-12-20/h18-20H,2-17H2,1H3/t18-,19-. The molecule has 2 rings (SSSR count). The fourth-order valence-corrected chi connectivity index (χ4v) is 4.45. The Morgan fingerprint density at radius 3 is 2.04 bits per heavy atom. The highest BCUT2D eigenvalue weighted by molar-refractivity contribution is 5.69. The molecule has 2 aliphatic carbocycles. The Morgan fingerprint density at radius 2 is 1.43 bits per heavy atom. The van der Waals surface area contributed by atoms with E-state index in [1.54, 1.807) is 0 Å². The van der Waals surface area contributed by atoms with E-state index < -0.39 is 0 Å². The zero-order chi connectivity index (χ0) is 16.3. The topological polar surface area (TPSA) is 26.3 Å². The van der Waals surface area contributed by atoms with E-state index in [9.17, 15) is 4.79 Å². The van der Waals surface area contributed by atoms with Crippen molar-refractivity contribution in [3.63, 3.8) is 0 Å². The molecular formula is C21H38O2. The summed E-state index contributed by atoms with van der Waals surface area (Å²) in [6, 6.07) is 0. The maximum absolute atomic E-state index is 11.9. The molecule has 0 aliphatic heterocycles. The summed E-state index contributed by atoms with van der Waals surface area (Å²) in [5.74, 6) is 1.93. The summed E-state index contributed by atoms with van der Waals surface area (Å²) in [4.78, 5) is 11.9. The van der Waals surface area contributed by atoms with Crippen LogP contribution in [0.5, 0.6) is 0 Å². The number of rotatable bonds is 9. The average molecular weight is 323 g/mol. The normalized spacial score (nSPS) is 26.1. The van der Waals surface area contributed by atoms with E-state index in [0.717, 1.165) is 31.1 Å². The summed E-state index contributed by atoms with van der Waals surface area (Å²) in [5, 5.41) is 0. The number of ether oxygens (including phenoxy) is 1. The van der Waals surface area contributed by atoms with Gasteiger partial charge in [0, 0.05) is 6.42 Å². The SMILES string of the molecule is CCCCC[C@H]1CC[C@H](CCCC(=O)OC2CCCCC2)CC1. The zero-order valence-corrected chi connectivity index (χ0v) is 15.4. The van der Waals surface area contributed by atoms with Crippen LogP contribution in [0.3, 0.4) is 0 Å². The van der Waals surface area contributed by atoms with Crippen molar-refractivity contribution >= 4 is 5.97 Å². The van der Waals surface area contributed by atoms with Crippen LogP contribution in [0.1, 0.15) is 110 Å². The lowest BCUT2D eigenvalue weighted by Crippen LogP contribution is -2.21. The van der Waals surface area contributed by atoms with Gasteiger partial charge in [0.1, 0.15) is 6.10 Å². The van der Waals surface area contributed by atoms with Gasteiger partial charge in [-0.2, -0.15) is 0 Å². The van der Waals surface area contributed by atoms with Crippen LogP contribution in [0.2, 0.25) is 0 Å². The maximum atomic E-state index is 11.9. The second kappa shape index (κ2) is 11.1. The van der Waals surface area contributed by atoms with Crippen LogP contribution in [0.4, 0.5) is 0 Å². The molecule has 134 valence electrons. The highest BCUT2D eigenvalue weighted by Crippen LogP contribution is 2.34. The molecule has 2 nitrogen and oxygen atoms in total. The van der Waals surface area contributed by atoms with E-state index in [4.69, 9.17) is 4.74 Å². The summed E-state index contributed by atoms with van der Waals surface area (Å²) >= 11 is 0. The van der Waals surface area contributed by atoms with Gasteiger partial charge in [0.05, 0.1) is 0 Å². The molecule has 0 aromatic carbocycles. The van der Waals surface area contributed by atoms with Gasteiger partial charge in [0.25, 0.3) is 0 Å². The molecule has 23 heavy (non-hydrogen) atoms. The van der Waals surface area contributed by atoms with E-state index in [1.807, 2.05) is 0 Å². The lowest BCUT2D eigenvalue weighted by atomic mass is 9.78. The molecule has 0 bridgehead atoms. The Balaban J connectivity index is 1.49. The van der Waals surface area contributed by atoms with Crippen molar-refractivity contribution in [3.05, 3.63) is 0 Å². The minimum Gasteiger partial charge on any atom is -0.462 e. The first-order valence-corrected chi connectivity index (χ1v) is 10.5. The van der Waals surface area contributed by atoms with Crippen molar-refractivity contribution in [1.82, 2.24) is 0 Å².